The van der Waals surface area contributed by atoms with Crippen LogP contribution < -0.4 is 32.1 Å². The van der Waals surface area contributed by atoms with Crippen molar-refractivity contribution in [2.75, 3.05) is 22.6 Å². The fraction of sp³-hybridized carbons (Fsp3) is 0.0385. The summed E-state index contributed by atoms with van der Waals surface area (Å²) in [5.74, 6) is 0.200. The number of hydrogen-bond donors (Lipinski definition) is 4. The maximum atomic E-state index is 12.3. The predicted molar refractivity (Wildman–Crippen MR) is 139 cm³/mol. The molecule has 0 fully saturated rings. The monoisotopic (exact) mass is 479 g/mol. The van der Waals surface area contributed by atoms with Crippen molar-refractivity contribution in [1.29, 1.82) is 0 Å². The Hall–Kier alpha value is -5.25. The van der Waals surface area contributed by atoms with E-state index in [4.69, 9.17) is 5.73 Å². The molecule has 10 heteroatoms. The Balaban J connectivity index is 1.40. The fourth-order valence-corrected chi connectivity index (χ4v) is 3.90. The molecule has 0 unspecified atom stereocenters. The molecule has 36 heavy (non-hydrogen) atoms. The molecule has 5 rings (SSSR count). The van der Waals surface area contributed by atoms with Crippen molar-refractivity contribution < 1.29 is 4.79 Å². The van der Waals surface area contributed by atoms with Gasteiger partial charge in [-0.05, 0) is 36.4 Å². The van der Waals surface area contributed by atoms with E-state index in [1.54, 1.807) is 60.6 Å². The van der Waals surface area contributed by atoms with E-state index < -0.39 is 16.8 Å². The Bertz CT molecular complexity index is 1600. The van der Waals surface area contributed by atoms with Gasteiger partial charge in [0.25, 0.3) is 16.8 Å². The molecule has 0 spiro atoms. The summed E-state index contributed by atoms with van der Waals surface area (Å²) in [5, 5.41) is 13.1. The lowest BCUT2D eigenvalue weighted by Gasteiger charge is -2.23. The first kappa shape index (κ1) is 22.5. The summed E-state index contributed by atoms with van der Waals surface area (Å²) in [5.41, 5.74) is 7.60. The van der Waals surface area contributed by atoms with Gasteiger partial charge in [0.1, 0.15) is 34.3 Å². The number of carbonyl (C=O) groups is 1. The smallest absolute Gasteiger partial charge is 0.254 e. The van der Waals surface area contributed by atoms with Crippen molar-refractivity contribution in [3.63, 3.8) is 0 Å². The number of rotatable bonds is 8. The van der Waals surface area contributed by atoms with E-state index in [1.165, 1.54) is 0 Å². The first-order chi connectivity index (χ1) is 17.4. The maximum absolute atomic E-state index is 12.3. The number of para-hydroxylation sites is 1. The number of benzene rings is 2. The molecule has 178 valence electrons. The van der Waals surface area contributed by atoms with Gasteiger partial charge in [0, 0.05) is 30.2 Å². The maximum Gasteiger partial charge on any atom is 0.254 e. The highest BCUT2D eigenvalue weighted by Gasteiger charge is 2.25. The largest absolute Gasteiger partial charge is 0.365 e. The molecule has 2 aromatic heterocycles. The van der Waals surface area contributed by atoms with Gasteiger partial charge < -0.3 is 21.3 Å². The minimum atomic E-state index is -0.656. The second-order valence-electron chi connectivity index (χ2n) is 8.01. The molecule has 5 aromatic rings. The van der Waals surface area contributed by atoms with E-state index in [0.29, 0.717) is 34.3 Å². The number of pyridine rings is 1. The van der Waals surface area contributed by atoms with Crippen LogP contribution in [0.3, 0.4) is 0 Å². The van der Waals surface area contributed by atoms with Crippen LogP contribution in [-0.4, -0.2) is 28.1 Å². The summed E-state index contributed by atoms with van der Waals surface area (Å²) in [6, 6.07) is 21.6. The average Bonchev–Trinajstić information content (AvgIpc) is 3.33. The van der Waals surface area contributed by atoms with Crippen molar-refractivity contribution in [2.45, 2.75) is 0 Å². The molecular formula is C26H21N7O3. The summed E-state index contributed by atoms with van der Waals surface area (Å²) in [6.45, 7) is 0. The number of aromatic nitrogens is 3. The average molecular weight is 480 g/mol. The highest BCUT2D eigenvalue weighted by atomic mass is 16.2. The van der Waals surface area contributed by atoms with Gasteiger partial charge in [0.15, 0.2) is 0 Å². The second-order valence-corrected chi connectivity index (χ2v) is 8.01. The summed E-state index contributed by atoms with van der Waals surface area (Å²) >= 11 is 0. The number of hydrogen-bond acceptors (Lipinski definition) is 8. The molecule has 0 aliphatic rings. The Labute approximate surface area is 205 Å². The van der Waals surface area contributed by atoms with Crippen LogP contribution >= 0.6 is 0 Å². The standard InChI is InChI=1S/C26H21N7O3/c1-33(17-7-3-2-4-8-17)22-21(23(34)24(22)35)29-16-12-10-15(11-13-16)20-19(25(27)36)26(32-31-20)30-18-9-5-6-14-28-18/h2-14,29H,1H3,(H2,27,36)(H2,28,30,31,32). The SMILES string of the molecule is CN(c1ccccc1)c1c(Nc2ccc(-c3n[nH]c(Nc4ccccn4)c3C(N)=O)cc2)c(=O)c1=O. The van der Waals surface area contributed by atoms with E-state index in [2.05, 4.69) is 25.8 Å². The Morgan fingerprint density at radius 1 is 0.917 bits per heavy atom. The van der Waals surface area contributed by atoms with Gasteiger partial charge in [-0.1, -0.05) is 36.4 Å². The van der Waals surface area contributed by atoms with Gasteiger partial charge in [0.05, 0.1) is 0 Å². The summed E-state index contributed by atoms with van der Waals surface area (Å²) in [7, 11) is 1.74. The zero-order valence-electron chi connectivity index (χ0n) is 19.1. The zero-order valence-corrected chi connectivity index (χ0v) is 19.1. The van der Waals surface area contributed by atoms with Crippen LogP contribution in [0.4, 0.5) is 34.4 Å². The highest BCUT2D eigenvalue weighted by Crippen LogP contribution is 2.31. The first-order valence-electron chi connectivity index (χ1n) is 11.0. The molecule has 0 radical (unpaired) electrons. The van der Waals surface area contributed by atoms with E-state index >= 15 is 0 Å². The number of H-pyrrole nitrogens is 1. The number of carbonyl (C=O) groups excluding carboxylic acids is 1. The molecule has 0 saturated carbocycles. The topological polar surface area (TPSA) is 146 Å². The van der Waals surface area contributed by atoms with Gasteiger partial charge in [-0.15, -0.1) is 0 Å². The normalized spacial score (nSPS) is 10.8. The molecule has 5 N–H and O–H groups in total. The molecule has 0 aliphatic carbocycles. The second kappa shape index (κ2) is 9.18. The number of nitrogens with zero attached hydrogens (tertiary/aromatic N) is 3. The van der Waals surface area contributed by atoms with Gasteiger partial charge >= 0.3 is 0 Å². The third-order valence-electron chi connectivity index (χ3n) is 5.72. The van der Waals surface area contributed by atoms with Crippen molar-refractivity contribution in [1.82, 2.24) is 15.2 Å². The number of amides is 1. The Morgan fingerprint density at radius 3 is 2.31 bits per heavy atom. The summed E-state index contributed by atoms with van der Waals surface area (Å²) in [4.78, 5) is 42.7. The van der Waals surface area contributed by atoms with Gasteiger partial charge in [-0.25, -0.2) is 4.98 Å². The molecular weight excluding hydrogens is 458 g/mol. The number of primary amides is 1. The quantitative estimate of drug-likeness (QED) is 0.248. The van der Waals surface area contributed by atoms with Crippen molar-refractivity contribution in [3.05, 3.63) is 105 Å². The fourth-order valence-electron chi connectivity index (χ4n) is 3.90. The molecule has 0 atom stereocenters. The Kier molecular flexibility index (Phi) is 5.75. The first-order valence-corrected chi connectivity index (χ1v) is 11.0. The molecule has 10 nitrogen and oxygen atoms in total. The molecule has 0 saturated heterocycles. The van der Waals surface area contributed by atoms with Gasteiger partial charge in [0.2, 0.25) is 0 Å². The summed E-state index contributed by atoms with van der Waals surface area (Å²) in [6.07, 6.45) is 1.62. The van der Waals surface area contributed by atoms with Crippen molar-refractivity contribution in [3.8, 4) is 11.3 Å². The minimum Gasteiger partial charge on any atom is -0.365 e. The van der Waals surface area contributed by atoms with Crippen molar-refractivity contribution in [2.24, 2.45) is 5.73 Å². The minimum absolute atomic E-state index is 0.190. The molecule has 3 aromatic carbocycles. The van der Waals surface area contributed by atoms with Crippen LogP contribution in [0, 0.1) is 0 Å². The molecule has 2 heterocycles. The zero-order chi connectivity index (χ0) is 25.2. The van der Waals surface area contributed by atoms with Crippen LogP contribution in [0.25, 0.3) is 11.3 Å². The summed E-state index contributed by atoms with van der Waals surface area (Å²) < 4.78 is 0. The van der Waals surface area contributed by atoms with Crippen LogP contribution in [0.1, 0.15) is 10.4 Å². The van der Waals surface area contributed by atoms with Crippen LogP contribution in [0.5, 0.6) is 0 Å². The highest BCUT2D eigenvalue weighted by molar-refractivity contribution is 6.04. The third kappa shape index (κ3) is 4.07. The number of anilines is 6. The number of nitrogens with one attached hydrogen (secondary N) is 3. The van der Waals surface area contributed by atoms with Crippen molar-refractivity contribution >= 4 is 40.3 Å². The van der Waals surface area contributed by atoms with Crippen LogP contribution in [0.15, 0.2) is 88.6 Å². The Morgan fingerprint density at radius 2 is 1.64 bits per heavy atom. The lowest BCUT2D eigenvalue weighted by atomic mass is 10.1. The number of aromatic amines is 1. The van der Waals surface area contributed by atoms with E-state index in [0.717, 1.165) is 5.69 Å². The lowest BCUT2D eigenvalue weighted by Crippen LogP contribution is -2.39. The predicted octanol–water partition coefficient (Wildman–Crippen LogP) is 3.42. The van der Waals surface area contributed by atoms with Gasteiger partial charge in [-0.2, -0.15) is 5.10 Å². The molecule has 1 amide bonds. The van der Waals surface area contributed by atoms with E-state index in [-0.39, 0.29) is 11.3 Å². The van der Waals surface area contributed by atoms with E-state index in [9.17, 15) is 14.4 Å². The molecule has 0 bridgehead atoms. The van der Waals surface area contributed by atoms with Crippen LogP contribution in [-0.2, 0) is 0 Å². The van der Waals surface area contributed by atoms with Gasteiger partial charge in [-0.3, -0.25) is 19.5 Å². The number of nitrogens with two attached hydrogens (primary N) is 1. The molecule has 0 aliphatic heterocycles. The lowest BCUT2D eigenvalue weighted by molar-refractivity contribution is 0.100. The van der Waals surface area contributed by atoms with Crippen LogP contribution in [0.2, 0.25) is 0 Å². The third-order valence-corrected chi connectivity index (χ3v) is 5.72. The van der Waals surface area contributed by atoms with E-state index in [1.807, 2.05) is 30.3 Å².